The lowest BCUT2D eigenvalue weighted by Gasteiger charge is -2.55. The van der Waals surface area contributed by atoms with Crippen molar-refractivity contribution >= 4 is 41.6 Å². The zero-order chi connectivity index (χ0) is 19.2. The zero-order valence-electron chi connectivity index (χ0n) is 14.7. The van der Waals surface area contributed by atoms with Gasteiger partial charge in [0, 0.05) is 17.2 Å². The molecule has 2 N–H and O–H groups in total. The number of non-ortho nitro benzene ring substituents is 1. The number of hydrogen-bond donors (Lipinski definition) is 1. The number of ether oxygens (including phenoxy) is 1. The number of nitro groups is 1. The summed E-state index contributed by atoms with van der Waals surface area (Å²) in [5, 5.41) is 10.9. The number of fused-ring (bicyclic) bond motifs is 1. The van der Waals surface area contributed by atoms with Crippen molar-refractivity contribution in [2.75, 3.05) is 0 Å². The van der Waals surface area contributed by atoms with Gasteiger partial charge in [-0.3, -0.25) is 19.8 Å². The number of carbonyl (C=O) groups is 2. The molecule has 0 spiro atoms. The lowest BCUT2D eigenvalue weighted by Crippen LogP contribution is -2.74. The molecule has 1 saturated heterocycles. The molecule has 2 atom stereocenters. The Balaban J connectivity index is 0.00000261. The van der Waals surface area contributed by atoms with Gasteiger partial charge in [0.1, 0.15) is 18.3 Å². The maximum atomic E-state index is 12.5. The van der Waals surface area contributed by atoms with Crippen molar-refractivity contribution < 1.29 is 19.2 Å². The SMILES string of the molecule is CC1(C)CC(Cl)=C(C(=O)OCc2ccc([N+](=O)[O-])cc2)N2C(=O)C(N)C21.Cl. The number of benzene rings is 1. The Kier molecular flexibility index (Phi) is 5.84. The molecule has 0 saturated carbocycles. The number of esters is 1. The van der Waals surface area contributed by atoms with Crippen LogP contribution in [0.15, 0.2) is 35.0 Å². The minimum atomic E-state index is -0.714. The number of nitro benzene ring substituents is 1. The summed E-state index contributed by atoms with van der Waals surface area (Å²) in [6, 6.07) is 4.68. The molecule has 8 nitrogen and oxygen atoms in total. The topological polar surface area (TPSA) is 116 Å². The first-order valence-corrected chi connectivity index (χ1v) is 8.39. The van der Waals surface area contributed by atoms with Crippen molar-refractivity contribution in [3.63, 3.8) is 0 Å². The van der Waals surface area contributed by atoms with E-state index in [4.69, 9.17) is 22.1 Å². The lowest BCUT2D eigenvalue weighted by molar-refractivity contribution is -0.384. The normalized spacial score (nSPS) is 23.1. The highest BCUT2D eigenvalue weighted by molar-refractivity contribution is 6.32. The number of β-lactam (4-membered cyclic amide) rings is 1. The molecule has 0 radical (unpaired) electrons. The van der Waals surface area contributed by atoms with Gasteiger partial charge < -0.3 is 10.5 Å². The van der Waals surface area contributed by atoms with Crippen molar-refractivity contribution in [2.45, 2.75) is 39.0 Å². The minimum absolute atomic E-state index is 0. The lowest BCUT2D eigenvalue weighted by atomic mass is 9.69. The first-order valence-electron chi connectivity index (χ1n) is 8.01. The smallest absolute Gasteiger partial charge is 0.356 e. The van der Waals surface area contributed by atoms with E-state index >= 15 is 0 Å². The highest BCUT2D eigenvalue weighted by Gasteiger charge is 2.58. The molecule has 1 amide bonds. The van der Waals surface area contributed by atoms with Gasteiger partial charge in [-0.05, 0) is 29.5 Å². The standard InChI is InChI=1S/C17H18ClN3O5.ClH/c1-17(2)7-11(18)13(20-14(17)12(19)15(20)22)16(23)26-8-9-3-5-10(6-4-9)21(24)25;/h3-6,12,14H,7-8,19H2,1-2H3;1H. The molecular weight excluding hydrogens is 397 g/mol. The number of carbonyl (C=O) groups excluding carboxylic acids is 2. The molecule has 10 heteroatoms. The van der Waals surface area contributed by atoms with E-state index in [1.165, 1.54) is 29.2 Å². The van der Waals surface area contributed by atoms with Crippen molar-refractivity contribution in [3.05, 3.63) is 50.7 Å². The van der Waals surface area contributed by atoms with Crippen LogP contribution in [-0.4, -0.2) is 33.8 Å². The van der Waals surface area contributed by atoms with Crippen molar-refractivity contribution in [3.8, 4) is 0 Å². The van der Waals surface area contributed by atoms with Gasteiger partial charge in [0.25, 0.3) is 5.69 Å². The fraction of sp³-hybridized carbons (Fsp3) is 0.412. The second-order valence-electron chi connectivity index (χ2n) is 7.10. The largest absolute Gasteiger partial charge is 0.456 e. The summed E-state index contributed by atoms with van der Waals surface area (Å²) in [6.07, 6.45) is 0.415. The Bertz CT molecular complexity index is 822. The van der Waals surface area contributed by atoms with Crippen LogP contribution in [0.25, 0.3) is 0 Å². The molecular formula is C17H19Cl2N3O5. The second kappa shape index (κ2) is 7.46. The number of allylic oxidation sites excluding steroid dienone is 1. The van der Waals surface area contributed by atoms with E-state index in [1.54, 1.807) is 0 Å². The van der Waals surface area contributed by atoms with E-state index in [0.29, 0.717) is 12.0 Å². The van der Waals surface area contributed by atoms with E-state index < -0.39 is 16.9 Å². The molecule has 1 aromatic rings. The van der Waals surface area contributed by atoms with Gasteiger partial charge in [0.2, 0.25) is 5.91 Å². The van der Waals surface area contributed by atoms with E-state index in [1.807, 2.05) is 13.8 Å². The molecule has 27 heavy (non-hydrogen) atoms. The predicted molar refractivity (Wildman–Crippen MR) is 100 cm³/mol. The zero-order valence-corrected chi connectivity index (χ0v) is 16.2. The molecule has 0 aliphatic carbocycles. The Morgan fingerprint density at radius 2 is 2.00 bits per heavy atom. The Hall–Kier alpha value is -2.16. The monoisotopic (exact) mass is 415 g/mol. The predicted octanol–water partition coefficient (Wildman–Crippen LogP) is 2.48. The molecule has 2 aliphatic rings. The summed E-state index contributed by atoms with van der Waals surface area (Å²) in [5.74, 6) is -1.07. The van der Waals surface area contributed by atoms with Crippen LogP contribution in [0.2, 0.25) is 0 Å². The molecule has 2 unspecified atom stereocenters. The summed E-state index contributed by atoms with van der Waals surface area (Å²) < 4.78 is 5.26. The quantitative estimate of drug-likeness (QED) is 0.349. The number of hydrogen-bond acceptors (Lipinski definition) is 6. The summed E-state index contributed by atoms with van der Waals surface area (Å²) in [5.41, 5.74) is 6.12. The number of nitrogens with two attached hydrogens (primary N) is 1. The van der Waals surface area contributed by atoms with Crippen LogP contribution >= 0.6 is 24.0 Å². The maximum absolute atomic E-state index is 12.5. The van der Waals surface area contributed by atoms with Gasteiger partial charge >= 0.3 is 5.97 Å². The number of rotatable bonds is 4. The fourth-order valence-electron chi connectivity index (χ4n) is 3.46. The summed E-state index contributed by atoms with van der Waals surface area (Å²) in [7, 11) is 0. The van der Waals surface area contributed by atoms with Crippen molar-refractivity contribution in [1.29, 1.82) is 0 Å². The molecule has 146 valence electrons. The molecule has 0 bridgehead atoms. The molecule has 3 rings (SSSR count). The summed E-state index contributed by atoms with van der Waals surface area (Å²) in [4.78, 5) is 36.1. The highest BCUT2D eigenvalue weighted by Crippen LogP contribution is 2.47. The first-order chi connectivity index (χ1) is 12.1. The van der Waals surface area contributed by atoms with Crippen LogP contribution in [0.4, 0.5) is 5.69 Å². The summed E-state index contributed by atoms with van der Waals surface area (Å²) >= 11 is 6.28. The molecule has 1 fully saturated rings. The van der Waals surface area contributed by atoms with Gasteiger partial charge in [-0.2, -0.15) is 0 Å². The molecule has 0 aromatic heterocycles. The highest BCUT2D eigenvalue weighted by atomic mass is 35.5. The van der Waals surface area contributed by atoms with E-state index in [-0.39, 0.29) is 52.8 Å². The van der Waals surface area contributed by atoms with Crippen LogP contribution < -0.4 is 5.73 Å². The fourth-order valence-corrected chi connectivity index (χ4v) is 3.97. The first kappa shape index (κ1) is 21.1. The van der Waals surface area contributed by atoms with Crippen LogP contribution in [0.5, 0.6) is 0 Å². The van der Waals surface area contributed by atoms with Crippen LogP contribution in [0.3, 0.4) is 0 Å². The van der Waals surface area contributed by atoms with Crippen LogP contribution in [0.1, 0.15) is 25.8 Å². The van der Waals surface area contributed by atoms with Gasteiger partial charge in [0.15, 0.2) is 0 Å². The van der Waals surface area contributed by atoms with E-state index in [0.717, 1.165) is 0 Å². The molecule has 2 aliphatic heterocycles. The average molecular weight is 416 g/mol. The third kappa shape index (κ3) is 3.65. The number of halogens is 2. The van der Waals surface area contributed by atoms with Crippen LogP contribution in [0, 0.1) is 15.5 Å². The van der Waals surface area contributed by atoms with E-state index in [2.05, 4.69) is 0 Å². The average Bonchev–Trinajstić information content (AvgIpc) is 2.58. The third-order valence-electron chi connectivity index (χ3n) is 4.76. The molecule has 2 heterocycles. The molecule has 1 aromatic carbocycles. The summed E-state index contributed by atoms with van der Waals surface area (Å²) in [6.45, 7) is 3.79. The minimum Gasteiger partial charge on any atom is -0.456 e. The number of amides is 1. The van der Waals surface area contributed by atoms with Crippen molar-refractivity contribution in [1.82, 2.24) is 4.90 Å². The van der Waals surface area contributed by atoms with Gasteiger partial charge in [-0.15, -0.1) is 12.4 Å². The number of nitrogens with zero attached hydrogens (tertiary/aromatic N) is 2. The van der Waals surface area contributed by atoms with Crippen molar-refractivity contribution in [2.24, 2.45) is 11.1 Å². The van der Waals surface area contributed by atoms with Gasteiger partial charge in [-0.25, -0.2) is 4.79 Å². The third-order valence-corrected chi connectivity index (χ3v) is 5.07. The Labute approximate surface area is 166 Å². The van der Waals surface area contributed by atoms with Gasteiger partial charge in [-0.1, -0.05) is 25.4 Å². The van der Waals surface area contributed by atoms with E-state index in [9.17, 15) is 19.7 Å². The maximum Gasteiger partial charge on any atom is 0.356 e. The second-order valence-corrected chi connectivity index (χ2v) is 7.55. The van der Waals surface area contributed by atoms with Crippen LogP contribution in [-0.2, 0) is 20.9 Å². The Morgan fingerprint density at radius 3 is 2.56 bits per heavy atom. The van der Waals surface area contributed by atoms with Gasteiger partial charge in [0.05, 0.1) is 11.0 Å². The Morgan fingerprint density at radius 1 is 1.41 bits per heavy atom.